The van der Waals surface area contributed by atoms with Crippen molar-refractivity contribution in [3.8, 4) is 0 Å². The summed E-state index contributed by atoms with van der Waals surface area (Å²) in [6.07, 6.45) is 5.06. The Morgan fingerprint density at radius 1 is 1.20 bits per heavy atom. The average Bonchev–Trinajstić information content (AvgIpc) is 3.01. The van der Waals surface area contributed by atoms with Crippen molar-refractivity contribution in [2.75, 3.05) is 43.1 Å². The Bertz CT molecular complexity index is 435. The summed E-state index contributed by atoms with van der Waals surface area (Å²) in [5.74, 6) is 0.765. The topological polar surface area (TPSA) is 24.5 Å². The second kappa shape index (κ2) is 6.49. The average molecular weight is 274 g/mol. The monoisotopic (exact) mass is 274 g/mol. The summed E-state index contributed by atoms with van der Waals surface area (Å²) in [6.45, 7) is 7.58. The molecule has 2 heterocycles. The van der Waals surface area contributed by atoms with Crippen LogP contribution in [0.5, 0.6) is 0 Å². The van der Waals surface area contributed by atoms with Crippen molar-refractivity contribution in [2.45, 2.75) is 32.6 Å². The molecule has 3 heteroatoms. The third kappa shape index (κ3) is 3.26. The highest BCUT2D eigenvalue weighted by Gasteiger charge is 2.15. The van der Waals surface area contributed by atoms with Gasteiger partial charge < -0.3 is 15.0 Å². The highest BCUT2D eigenvalue weighted by molar-refractivity contribution is 5.60. The maximum Gasteiger partial charge on any atom is 0.0469 e. The molecule has 0 spiro atoms. The summed E-state index contributed by atoms with van der Waals surface area (Å²) in [4.78, 5) is 2.50. The van der Waals surface area contributed by atoms with Crippen molar-refractivity contribution in [2.24, 2.45) is 5.92 Å². The van der Waals surface area contributed by atoms with Crippen molar-refractivity contribution in [3.63, 3.8) is 0 Å². The lowest BCUT2D eigenvalue weighted by Gasteiger charge is -2.24. The summed E-state index contributed by atoms with van der Waals surface area (Å²) < 4.78 is 5.41. The minimum Gasteiger partial charge on any atom is -0.385 e. The Morgan fingerprint density at radius 3 is 2.65 bits per heavy atom. The first-order chi connectivity index (χ1) is 9.83. The SMILES string of the molecule is Cc1cc(N2CCCC2)ccc1NCC1CCOCC1. The molecular weight excluding hydrogens is 248 g/mol. The van der Waals surface area contributed by atoms with Gasteiger partial charge in [-0.1, -0.05) is 0 Å². The van der Waals surface area contributed by atoms with Crippen LogP contribution in [0.25, 0.3) is 0 Å². The minimum atomic E-state index is 0.765. The van der Waals surface area contributed by atoms with Gasteiger partial charge in [0, 0.05) is 44.2 Å². The third-order valence-corrected chi connectivity index (χ3v) is 4.60. The predicted octanol–water partition coefficient (Wildman–Crippen LogP) is 3.43. The molecule has 1 N–H and O–H groups in total. The fraction of sp³-hybridized carbons (Fsp3) is 0.647. The van der Waals surface area contributed by atoms with E-state index in [2.05, 4.69) is 35.3 Å². The first kappa shape index (κ1) is 13.7. The van der Waals surface area contributed by atoms with Crippen LogP contribution in [0.3, 0.4) is 0 Å². The van der Waals surface area contributed by atoms with Crippen LogP contribution in [0, 0.1) is 12.8 Å². The molecule has 2 aliphatic heterocycles. The van der Waals surface area contributed by atoms with Gasteiger partial charge in [-0.15, -0.1) is 0 Å². The van der Waals surface area contributed by atoms with Crippen LogP contribution in [-0.2, 0) is 4.74 Å². The van der Waals surface area contributed by atoms with Crippen LogP contribution >= 0.6 is 0 Å². The Balaban J connectivity index is 1.58. The van der Waals surface area contributed by atoms with Gasteiger partial charge in [-0.25, -0.2) is 0 Å². The number of aryl methyl sites for hydroxylation is 1. The molecule has 0 atom stereocenters. The van der Waals surface area contributed by atoms with Gasteiger partial charge >= 0.3 is 0 Å². The largest absolute Gasteiger partial charge is 0.385 e. The number of nitrogens with zero attached hydrogens (tertiary/aromatic N) is 1. The fourth-order valence-corrected chi connectivity index (χ4v) is 3.22. The summed E-state index contributed by atoms with van der Waals surface area (Å²) in [6, 6.07) is 6.85. The summed E-state index contributed by atoms with van der Waals surface area (Å²) in [5.41, 5.74) is 4.04. The second-order valence-corrected chi connectivity index (χ2v) is 6.13. The molecule has 0 saturated carbocycles. The van der Waals surface area contributed by atoms with Gasteiger partial charge in [0.25, 0.3) is 0 Å². The molecule has 0 aliphatic carbocycles. The van der Waals surface area contributed by atoms with Crippen LogP contribution in [0.4, 0.5) is 11.4 Å². The molecule has 0 aromatic heterocycles. The maximum absolute atomic E-state index is 5.41. The summed E-state index contributed by atoms with van der Waals surface area (Å²) in [5, 5.41) is 3.63. The zero-order valence-electron chi connectivity index (χ0n) is 12.5. The molecule has 0 radical (unpaired) electrons. The highest BCUT2D eigenvalue weighted by Crippen LogP contribution is 2.26. The summed E-state index contributed by atoms with van der Waals surface area (Å²) in [7, 11) is 0. The lowest BCUT2D eigenvalue weighted by Crippen LogP contribution is -2.23. The second-order valence-electron chi connectivity index (χ2n) is 6.13. The molecule has 2 saturated heterocycles. The number of rotatable bonds is 4. The number of nitrogens with one attached hydrogen (secondary N) is 1. The van der Waals surface area contributed by atoms with E-state index in [0.29, 0.717) is 0 Å². The Hall–Kier alpha value is -1.22. The number of hydrogen-bond acceptors (Lipinski definition) is 3. The molecule has 3 rings (SSSR count). The van der Waals surface area contributed by atoms with E-state index in [9.17, 15) is 0 Å². The van der Waals surface area contributed by atoms with Crippen LogP contribution in [0.2, 0.25) is 0 Å². The van der Waals surface area contributed by atoms with Gasteiger partial charge in [0.1, 0.15) is 0 Å². The lowest BCUT2D eigenvalue weighted by molar-refractivity contribution is 0.0699. The van der Waals surface area contributed by atoms with E-state index < -0.39 is 0 Å². The maximum atomic E-state index is 5.41. The van der Waals surface area contributed by atoms with Gasteiger partial charge in [0.2, 0.25) is 0 Å². The van der Waals surface area contributed by atoms with Crippen LogP contribution in [0.1, 0.15) is 31.2 Å². The molecule has 2 fully saturated rings. The number of ether oxygens (including phenoxy) is 1. The van der Waals surface area contributed by atoms with Gasteiger partial charge in [-0.05, 0) is 62.3 Å². The number of hydrogen-bond donors (Lipinski definition) is 1. The lowest BCUT2D eigenvalue weighted by atomic mass is 10.00. The van der Waals surface area contributed by atoms with Crippen molar-refractivity contribution in [1.82, 2.24) is 0 Å². The van der Waals surface area contributed by atoms with Gasteiger partial charge in [-0.2, -0.15) is 0 Å². The molecule has 1 aromatic rings. The van der Waals surface area contributed by atoms with E-state index in [0.717, 1.165) is 25.7 Å². The minimum absolute atomic E-state index is 0.765. The van der Waals surface area contributed by atoms with E-state index in [1.54, 1.807) is 0 Å². The van der Waals surface area contributed by atoms with Gasteiger partial charge in [0.05, 0.1) is 0 Å². The Kier molecular flexibility index (Phi) is 4.46. The van der Waals surface area contributed by atoms with E-state index >= 15 is 0 Å². The van der Waals surface area contributed by atoms with Crippen molar-refractivity contribution >= 4 is 11.4 Å². The normalized spacial score (nSPS) is 20.4. The number of anilines is 2. The van der Waals surface area contributed by atoms with E-state index in [4.69, 9.17) is 4.74 Å². The highest BCUT2D eigenvalue weighted by atomic mass is 16.5. The Morgan fingerprint density at radius 2 is 1.95 bits per heavy atom. The molecule has 2 aliphatic rings. The van der Waals surface area contributed by atoms with Crippen LogP contribution in [-0.4, -0.2) is 32.8 Å². The van der Waals surface area contributed by atoms with Crippen molar-refractivity contribution in [1.29, 1.82) is 0 Å². The molecule has 0 bridgehead atoms. The summed E-state index contributed by atoms with van der Waals surface area (Å²) >= 11 is 0. The van der Waals surface area contributed by atoms with Crippen LogP contribution in [0.15, 0.2) is 18.2 Å². The van der Waals surface area contributed by atoms with Crippen molar-refractivity contribution < 1.29 is 4.74 Å². The van der Waals surface area contributed by atoms with E-state index in [1.807, 2.05) is 0 Å². The number of benzene rings is 1. The molecule has 20 heavy (non-hydrogen) atoms. The zero-order valence-corrected chi connectivity index (χ0v) is 12.5. The van der Waals surface area contributed by atoms with E-state index in [1.165, 1.54) is 55.7 Å². The molecule has 0 unspecified atom stereocenters. The predicted molar refractivity (Wildman–Crippen MR) is 84.7 cm³/mol. The molecule has 1 aromatic carbocycles. The quantitative estimate of drug-likeness (QED) is 0.910. The molecular formula is C17H26N2O. The molecule has 110 valence electrons. The van der Waals surface area contributed by atoms with Gasteiger partial charge in [0.15, 0.2) is 0 Å². The van der Waals surface area contributed by atoms with Gasteiger partial charge in [-0.3, -0.25) is 0 Å². The van der Waals surface area contributed by atoms with Crippen LogP contribution < -0.4 is 10.2 Å². The molecule has 3 nitrogen and oxygen atoms in total. The first-order valence-electron chi connectivity index (χ1n) is 8.00. The van der Waals surface area contributed by atoms with E-state index in [-0.39, 0.29) is 0 Å². The Labute approximate surface area is 122 Å². The standard InChI is InChI=1S/C17H26N2O/c1-14-12-16(19-8-2-3-9-19)4-5-17(14)18-13-15-6-10-20-11-7-15/h4-5,12,15,18H,2-3,6-11,13H2,1H3. The third-order valence-electron chi connectivity index (χ3n) is 4.60. The molecule has 0 amide bonds. The zero-order chi connectivity index (χ0) is 13.8. The fourth-order valence-electron chi connectivity index (χ4n) is 3.22. The smallest absolute Gasteiger partial charge is 0.0469 e. The first-order valence-corrected chi connectivity index (χ1v) is 8.00. The van der Waals surface area contributed by atoms with Crippen molar-refractivity contribution in [3.05, 3.63) is 23.8 Å².